The molecule has 1 amide bonds. The number of nitrogens with zero attached hydrogens (tertiary/aromatic N) is 6. The molecule has 5 rings (SSSR count). The third kappa shape index (κ3) is 6.13. The number of aromatic nitrogens is 4. The van der Waals surface area contributed by atoms with E-state index in [1.165, 1.54) is 11.1 Å². The molecule has 0 unspecified atom stereocenters. The minimum Gasteiger partial charge on any atom is -0.495 e. The number of nitrogens with one attached hydrogen (secondary N) is 2. The Bertz CT molecular complexity index is 1460. The summed E-state index contributed by atoms with van der Waals surface area (Å²) in [4.78, 5) is 25.1. The minimum atomic E-state index is 0.109. The summed E-state index contributed by atoms with van der Waals surface area (Å²) >= 11 is 6.47. The number of amides is 1. The van der Waals surface area contributed by atoms with Crippen LogP contribution in [0.25, 0.3) is 5.69 Å². The monoisotopic (exact) mass is 546 g/mol. The number of methoxy groups -OCH3 is 1. The van der Waals surface area contributed by atoms with Crippen LogP contribution in [0.15, 0.2) is 61.1 Å². The molecule has 0 bridgehead atoms. The molecular weight excluding hydrogens is 516 g/mol. The first-order chi connectivity index (χ1) is 18.9. The molecule has 0 aliphatic carbocycles. The highest BCUT2D eigenvalue weighted by molar-refractivity contribution is 6.33. The third-order valence-corrected chi connectivity index (χ3v) is 6.95. The molecule has 4 aromatic rings. The molecule has 0 saturated heterocycles. The second-order valence-corrected chi connectivity index (χ2v) is 9.90. The highest BCUT2D eigenvalue weighted by Gasteiger charge is 2.20. The molecule has 2 aromatic carbocycles. The molecule has 11 heteroatoms. The van der Waals surface area contributed by atoms with Crippen molar-refractivity contribution < 1.29 is 9.53 Å². The van der Waals surface area contributed by atoms with Gasteiger partial charge in [0.1, 0.15) is 10.8 Å². The molecular formula is C28H31ClN8O2. The molecule has 0 spiro atoms. The quantitative estimate of drug-likeness (QED) is 0.337. The fourth-order valence-electron chi connectivity index (χ4n) is 4.51. The van der Waals surface area contributed by atoms with Crippen LogP contribution in [0.3, 0.4) is 0 Å². The van der Waals surface area contributed by atoms with Gasteiger partial charge in [-0.1, -0.05) is 23.7 Å². The average molecular weight is 547 g/mol. The van der Waals surface area contributed by atoms with Gasteiger partial charge in [-0.15, -0.1) is 0 Å². The maximum atomic E-state index is 12.2. The van der Waals surface area contributed by atoms with Gasteiger partial charge in [0.25, 0.3) is 0 Å². The minimum absolute atomic E-state index is 0.109. The molecule has 0 saturated carbocycles. The van der Waals surface area contributed by atoms with E-state index in [9.17, 15) is 4.79 Å². The summed E-state index contributed by atoms with van der Waals surface area (Å²) in [5.74, 6) is 1.65. The number of para-hydroxylation sites is 2. The predicted molar refractivity (Wildman–Crippen MR) is 153 cm³/mol. The lowest BCUT2D eigenvalue weighted by Gasteiger charge is -2.21. The van der Waals surface area contributed by atoms with Crippen LogP contribution < -0.4 is 15.4 Å². The second kappa shape index (κ2) is 11.7. The van der Waals surface area contributed by atoms with Gasteiger partial charge in [-0.25, -0.2) is 9.67 Å². The fraction of sp³-hybridized carbons (Fsp3) is 0.286. The Kier molecular flexibility index (Phi) is 7.94. The Morgan fingerprint density at radius 1 is 1.08 bits per heavy atom. The van der Waals surface area contributed by atoms with Crippen molar-refractivity contribution in [1.29, 1.82) is 0 Å². The molecule has 2 N–H and O–H groups in total. The zero-order valence-corrected chi connectivity index (χ0v) is 22.9. The first-order valence-corrected chi connectivity index (χ1v) is 13.1. The maximum Gasteiger partial charge on any atom is 0.236 e. The van der Waals surface area contributed by atoms with Gasteiger partial charge in [0.2, 0.25) is 11.9 Å². The van der Waals surface area contributed by atoms with Crippen LogP contribution in [0, 0.1) is 0 Å². The molecule has 39 heavy (non-hydrogen) atoms. The first kappa shape index (κ1) is 26.5. The van der Waals surface area contributed by atoms with Gasteiger partial charge >= 0.3 is 0 Å². The van der Waals surface area contributed by atoms with Crippen LogP contribution in [0.2, 0.25) is 5.02 Å². The molecule has 1 aliphatic heterocycles. The lowest BCUT2D eigenvalue weighted by molar-refractivity contribution is -0.129. The number of carbonyl (C=O) groups is 1. The van der Waals surface area contributed by atoms with Gasteiger partial charge in [0.15, 0.2) is 5.82 Å². The van der Waals surface area contributed by atoms with Gasteiger partial charge in [-0.3, -0.25) is 9.69 Å². The predicted octanol–water partition coefficient (Wildman–Crippen LogP) is 4.30. The van der Waals surface area contributed by atoms with Crippen molar-refractivity contribution in [2.24, 2.45) is 0 Å². The van der Waals surface area contributed by atoms with Gasteiger partial charge in [0.05, 0.1) is 36.9 Å². The molecule has 2 aromatic heterocycles. The van der Waals surface area contributed by atoms with E-state index < -0.39 is 0 Å². The number of halogens is 1. The summed E-state index contributed by atoms with van der Waals surface area (Å²) < 4.78 is 7.48. The summed E-state index contributed by atoms with van der Waals surface area (Å²) in [6.45, 7) is 2.04. The number of hydrogen-bond acceptors (Lipinski definition) is 8. The van der Waals surface area contributed by atoms with Crippen LogP contribution in [-0.2, 0) is 17.6 Å². The Hall–Kier alpha value is -4.15. The van der Waals surface area contributed by atoms with Crippen LogP contribution in [0.5, 0.6) is 5.75 Å². The summed E-state index contributed by atoms with van der Waals surface area (Å²) in [7, 11) is 5.22. The number of fused-ring (bicyclic) bond motifs is 1. The van der Waals surface area contributed by atoms with E-state index in [0.717, 1.165) is 43.0 Å². The summed E-state index contributed by atoms with van der Waals surface area (Å²) in [6, 6.07) is 13.8. The van der Waals surface area contributed by atoms with E-state index in [1.54, 1.807) is 43.2 Å². The van der Waals surface area contributed by atoms with Crippen molar-refractivity contribution in [1.82, 2.24) is 29.5 Å². The third-order valence-electron chi connectivity index (χ3n) is 6.67. The molecule has 1 aliphatic rings. The van der Waals surface area contributed by atoms with E-state index in [-0.39, 0.29) is 5.91 Å². The number of ether oxygens (including phenoxy) is 1. The number of rotatable bonds is 8. The zero-order chi connectivity index (χ0) is 27.4. The van der Waals surface area contributed by atoms with Crippen LogP contribution >= 0.6 is 11.6 Å². The zero-order valence-electron chi connectivity index (χ0n) is 22.2. The van der Waals surface area contributed by atoms with Crippen molar-refractivity contribution in [3.63, 3.8) is 0 Å². The normalized spacial score (nSPS) is 13.3. The SMILES string of the molecule is COc1cc2c(cc1Nc1ncc(Cl)c(Nc3ccccc3-n3cccn3)n1)CCN(CC(=O)N(C)C)CC2. The first-order valence-electron chi connectivity index (χ1n) is 12.7. The van der Waals surface area contributed by atoms with Gasteiger partial charge < -0.3 is 20.3 Å². The Balaban J connectivity index is 1.37. The van der Waals surface area contributed by atoms with Gasteiger partial charge in [-0.05, 0) is 54.3 Å². The summed E-state index contributed by atoms with van der Waals surface area (Å²) in [6.07, 6.45) is 6.83. The molecule has 0 atom stereocenters. The fourth-order valence-corrected chi connectivity index (χ4v) is 4.65. The van der Waals surface area contributed by atoms with E-state index in [2.05, 4.69) is 42.7 Å². The smallest absolute Gasteiger partial charge is 0.236 e. The molecule has 202 valence electrons. The molecule has 3 heterocycles. The standard InChI is InChI=1S/C28H31ClN8O2/c1-35(2)26(38)18-36-13-9-19-15-23(25(39-3)16-20(19)10-14-36)33-28-30-17-21(29)27(34-28)32-22-7-4-5-8-24(22)37-12-6-11-31-37/h4-8,11-12,15-17H,9-10,13-14,18H2,1-3H3,(H2,30,32,33,34). The van der Waals surface area contributed by atoms with Crippen LogP contribution in [0.4, 0.5) is 23.1 Å². The average Bonchev–Trinajstić information content (AvgIpc) is 3.40. The second-order valence-electron chi connectivity index (χ2n) is 9.49. The number of likely N-dealkylation sites (N-methyl/N-ethyl adjacent to an activating group) is 1. The number of carbonyl (C=O) groups excluding carboxylic acids is 1. The van der Waals surface area contributed by atoms with E-state index >= 15 is 0 Å². The lowest BCUT2D eigenvalue weighted by atomic mass is 10.0. The van der Waals surface area contributed by atoms with Gasteiger partial charge in [-0.2, -0.15) is 10.1 Å². The topological polar surface area (TPSA) is 100 Å². The lowest BCUT2D eigenvalue weighted by Crippen LogP contribution is -2.37. The molecule has 10 nitrogen and oxygen atoms in total. The number of anilines is 4. The van der Waals surface area contributed by atoms with E-state index in [0.29, 0.717) is 29.1 Å². The highest BCUT2D eigenvalue weighted by Crippen LogP contribution is 2.33. The van der Waals surface area contributed by atoms with Crippen LogP contribution in [-0.4, -0.2) is 76.3 Å². The highest BCUT2D eigenvalue weighted by atomic mass is 35.5. The van der Waals surface area contributed by atoms with Crippen molar-refractivity contribution in [3.05, 3.63) is 77.2 Å². The van der Waals surface area contributed by atoms with Gasteiger partial charge in [0, 0.05) is 39.6 Å². The van der Waals surface area contributed by atoms with Crippen molar-refractivity contribution in [3.8, 4) is 11.4 Å². The molecule has 0 radical (unpaired) electrons. The van der Waals surface area contributed by atoms with Crippen molar-refractivity contribution in [2.75, 3.05) is 51.5 Å². The Morgan fingerprint density at radius 2 is 1.85 bits per heavy atom. The molecule has 0 fully saturated rings. The van der Waals surface area contributed by atoms with Crippen molar-refractivity contribution in [2.45, 2.75) is 12.8 Å². The Labute approximate surface area is 232 Å². The Morgan fingerprint density at radius 3 is 2.56 bits per heavy atom. The number of benzene rings is 2. The summed E-state index contributed by atoms with van der Waals surface area (Å²) in [5.41, 5.74) is 4.85. The van der Waals surface area contributed by atoms with E-state index in [4.69, 9.17) is 16.3 Å². The summed E-state index contributed by atoms with van der Waals surface area (Å²) in [5, 5.41) is 11.3. The largest absolute Gasteiger partial charge is 0.495 e. The maximum absolute atomic E-state index is 12.2. The van der Waals surface area contributed by atoms with Crippen molar-refractivity contribution >= 4 is 40.6 Å². The van der Waals surface area contributed by atoms with E-state index in [1.807, 2.05) is 36.5 Å². The number of hydrogen-bond donors (Lipinski definition) is 2. The van der Waals surface area contributed by atoms with Crippen LogP contribution in [0.1, 0.15) is 11.1 Å².